The molecule has 0 bridgehead atoms. The Morgan fingerprint density at radius 1 is 1.08 bits per heavy atom. The van der Waals surface area contributed by atoms with Crippen molar-refractivity contribution >= 4 is 11.9 Å². The van der Waals surface area contributed by atoms with Gasteiger partial charge in [0.1, 0.15) is 22.8 Å². The van der Waals surface area contributed by atoms with Gasteiger partial charge in [-0.05, 0) is 62.7 Å². The van der Waals surface area contributed by atoms with Crippen molar-refractivity contribution in [2.24, 2.45) is 0 Å². The maximum atomic E-state index is 12.8. The van der Waals surface area contributed by atoms with E-state index in [2.05, 4.69) is 0 Å². The number of fused-ring (bicyclic) bond motifs is 1. The van der Waals surface area contributed by atoms with Crippen molar-refractivity contribution in [2.45, 2.75) is 32.8 Å². The van der Waals surface area contributed by atoms with Crippen molar-refractivity contribution in [2.75, 3.05) is 14.2 Å². The number of rotatable bonds is 5. The molecule has 3 rings (SSSR count). The fourth-order valence-corrected chi connectivity index (χ4v) is 3.08. The molecule has 0 unspecified atom stereocenters. The van der Waals surface area contributed by atoms with Crippen LogP contribution in [0.5, 0.6) is 17.2 Å². The lowest BCUT2D eigenvalue weighted by Crippen LogP contribution is -2.27. The standard InChI is InChI=1S/C22H24O4/c1-14-20(24-4)11-15(12-21(14)25-5)10-18(23)16-6-7-19-17(13-16)8-9-22(2,3)26-19/h6-9,11-13H,10H2,1-5H3. The molecule has 4 heteroatoms. The second-order valence-corrected chi connectivity index (χ2v) is 7.02. The Hall–Kier alpha value is -2.75. The number of ether oxygens (including phenoxy) is 3. The molecule has 136 valence electrons. The molecule has 0 amide bonds. The molecule has 2 aromatic carbocycles. The maximum Gasteiger partial charge on any atom is 0.167 e. The molecule has 2 aromatic rings. The third kappa shape index (κ3) is 3.59. The quantitative estimate of drug-likeness (QED) is 0.737. The SMILES string of the molecule is COc1cc(CC(=O)c2ccc3c(c2)C=CC(C)(C)O3)cc(OC)c1C. The van der Waals surface area contributed by atoms with Crippen molar-refractivity contribution in [3.8, 4) is 17.2 Å². The molecule has 0 spiro atoms. The first kappa shape index (κ1) is 18.1. The average molecular weight is 352 g/mol. The minimum atomic E-state index is -0.326. The molecular formula is C22H24O4. The number of carbonyl (C=O) groups excluding carboxylic acids is 1. The fraction of sp³-hybridized carbons (Fsp3) is 0.318. The molecule has 1 aliphatic rings. The summed E-state index contributed by atoms with van der Waals surface area (Å²) in [5.41, 5.74) is 3.04. The lowest BCUT2D eigenvalue weighted by atomic mass is 9.97. The van der Waals surface area contributed by atoms with Gasteiger partial charge in [-0.25, -0.2) is 0 Å². The van der Waals surface area contributed by atoms with Gasteiger partial charge in [0.15, 0.2) is 5.78 Å². The van der Waals surface area contributed by atoms with E-state index < -0.39 is 0 Å². The Morgan fingerprint density at radius 2 is 1.73 bits per heavy atom. The van der Waals surface area contributed by atoms with Crippen molar-refractivity contribution in [1.29, 1.82) is 0 Å². The molecule has 0 fully saturated rings. The van der Waals surface area contributed by atoms with E-state index in [1.165, 1.54) is 0 Å². The van der Waals surface area contributed by atoms with E-state index in [-0.39, 0.29) is 17.8 Å². The van der Waals surface area contributed by atoms with Gasteiger partial charge in [-0.3, -0.25) is 4.79 Å². The lowest BCUT2D eigenvalue weighted by Gasteiger charge is -2.27. The van der Waals surface area contributed by atoms with Crippen LogP contribution >= 0.6 is 0 Å². The Labute approximate surface area is 154 Å². The maximum absolute atomic E-state index is 12.8. The average Bonchev–Trinajstić information content (AvgIpc) is 2.61. The van der Waals surface area contributed by atoms with E-state index in [1.807, 2.05) is 63.3 Å². The predicted octanol–water partition coefficient (Wildman–Crippen LogP) is 4.62. The number of carbonyl (C=O) groups is 1. The molecule has 4 nitrogen and oxygen atoms in total. The smallest absolute Gasteiger partial charge is 0.167 e. The molecule has 0 aromatic heterocycles. The summed E-state index contributed by atoms with van der Waals surface area (Å²) < 4.78 is 16.7. The summed E-state index contributed by atoms with van der Waals surface area (Å²) in [4.78, 5) is 12.8. The van der Waals surface area contributed by atoms with Gasteiger partial charge in [-0.1, -0.05) is 6.08 Å². The number of ketones is 1. The third-order valence-corrected chi connectivity index (χ3v) is 4.55. The largest absolute Gasteiger partial charge is 0.496 e. The zero-order valence-electron chi connectivity index (χ0n) is 15.9. The monoisotopic (exact) mass is 352 g/mol. The van der Waals surface area contributed by atoms with Crippen LogP contribution in [0.4, 0.5) is 0 Å². The van der Waals surface area contributed by atoms with E-state index in [0.717, 1.165) is 33.9 Å². The second-order valence-electron chi connectivity index (χ2n) is 7.02. The van der Waals surface area contributed by atoms with Gasteiger partial charge >= 0.3 is 0 Å². The molecule has 0 aliphatic carbocycles. The highest BCUT2D eigenvalue weighted by Crippen LogP contribution is 2.33. The zero-order chi connectivity index (χ0) is 18.9. The summed E-state index contributed by atoms with van der Waals surface area (Å²) in [5, 5.41) is 0. The van der Waals surface area contributed by atoms with Gasteiger partial charge < -0.3 is 14.2 Å². The lowest BCUT2D eigenvalue weighted by molar-refractivity contribution is 0.0993. The van der Waals surface area contributed by atoms with Gasteiger partial charge in [0.2, 0.25) is 0 Å². The third-order valence-electron chi connectivity index (χ3n) is 4.55. The van der Waals surface area contributed by atoms with E-state index >= 15 is 0 Å². The summed E-state index contributed by atoms with van der Waals surface area (Å²) in [6.45, 7) is 5.94. The van der Waals surface area contributed by atoms with Crippen LogP contribution in [0.2, 0.25) is 0 Å². The van der Waals surface area contributed by atoms with Crippen LogP contribution in [-0.4, -0.2) is 25.6 Å². The Bertz CT molecular complexity index is 853. The van der Waals surface area contributed by atoms with E-state index in [9.17, 15) is 4.79 Å². The minimum absolute atomic E-state index is 0.0407. The highest BCUT2D eigenvalue weighted by atomic mass is 16.5. The van der Waals surface area contributed by atoms with E-state index in [4.69, 9.17) is 14.2 Å². The summed E-state index contributed by atoms with van der Waals surface area (Å²) in [6, 6.07) is 9.34. The Morgan fingerprint density at radius 3 is 2.35 bits per heavy atom. The number of methoxy groups -OCH3 is 2. The summed E-state index contributed by atoms with van der Waals surface area (Å²) in [5.74, 6) is 2.28. The number of benzene rings is 2. The van der Waals surface area contributed by atoms with Gasteiger partial charge in [0.25, 0.3) is 0 Å². The summed E-state index contributed by atoms with van der Waals surface area (Å²) in [7, 11) is 3.23. The molecule has 0 radical (unpaired) electrons. The van der Waals surface area contributed by atoms with Crippen LogP contribution in [0, 0.1) is 6.92 Å². The second kappa shape index (κ2) is 6.87. The number of hydrogen-bond donors (Lipinski definition) is 0. The Kier molecular flexibility index (Phi) is 4.77. The van der Waals surface area contributed by atoms with Gasteiger partial charge in [0.05, 0.1) is 14.2 Å². The highest BCUT2D eigenvalue weighted by Gasteiger charge is 2.22. The fourth-order valence-electron chi connectivity index (χ4n) is 3.08. The van der Waals surface area contributed by atoms with Crippen molar-refractivity contribution in [1.82, 2.24) is 0 Å². The molecule has 26 heavy (non-hydrogen) atoms. The molecule has 0 saturated heterocycles. The van der Waals surface area contributed by atoms with E-state index in [0.29, 0.717) is 5.56 Å². The normalized spacial score (nSPS) is 14.3. The van der Waals surface area contributed by atoms with Gasteiger partial charge in [-0.2, -0.15) is 0 Å². The van der Waals surface area contributed by atoms with Gasteiger partial charge in [-0.15, -0.1) is 0 Å². The first-order valence-electron chi connectivity index (χ1n) is 8.60. The summed E-state index contributed by atoms with van der Waals surface area (Å²) in [6.07, 6.45) is 4.29. The predicted molar refractivity (Wildman–Crippen MR) is 103 cm³/mol. The number of Topliss-reactive ketones (excluding diaryl/α,β-unsaturated/α-hetero) is 1. The molecular weight excluding hydrogens is 328 g/mol. The van der Waals surface area contributed by atoms with Crippen molar-refractivity contribution < 1.29 is 19.0 Å². The van der Waals surface area contributed by atoms with Crippen LogP contribution in [0.15, 0.2) is 36.4 Å². The van der Waals surface area contributed by atoms with Crippen LogP contribution in [0.1, 0.15) is 40.9 Å². The van der Waals surface area contributed by atoms with Crippen LogP contribution in [0.3, 0.4) is 0 Å². The van der Waals surface area contributed by atoms with Crippen LogP contribution < -0.4 is 14.2 Å². The first-order chi connectivity index (χ1) is 12.3. The zero-order valence-corrected chi connectivity index (χ0v) is 15.9. The number of hydrogen-bond acceptors (Lipinski definition) is 4. The first-order valence-corrected chi connectivity index (χ1v) is 8.60. The van der Waals surface area contributed by atoms with Crippen LogP contribution in [0.25, 0.3) is 6.08 Å². The van der Waals surface area contributed by atoms with Crippen LogP contribution in [-0.2, 0) is 6.42 Å². The molecule has 0 atom stereocenters. The molecule has 1 heterocycles. The summed E-state index contributed by atoms with van der Waals surface area (Å²) >= 11 is 0. The highest BCUT2D eigenvalue weighted by molar-refractivity contribution is 5.98. The molecule has 0 N–H and O–H groups in total. The molecule has 1 aliphatic heterocycles. The molecule has 0 saturated carbocycles. The topological polar surface area (TPSA) is 44.8 Å². The van der Waals surface area contributed by atoms with E-state index in [1.54, 1.807) is 14.2 Å². The Balaban J connectivity index is 1.85. The van der Waals surface area contributed by atoms with Crippen molar-refractivity contribution in [3.05, 3.63) is 58.7 Å². The van der Waals surface area contributed by atoms with Crippen molar-refractivity contribution in [3.63, 3.8) is 0 Å². The van der Waals surface area contributed by atoms with Gasteiger partial charge in [0, 0.05) is 23.1 Å². The minimum Gasteiger partial charge on any atom is -0.496 e.